The van der Waals surface area contributed by atoms with Gasteiger partial charge in [-0.15, -0.1) is 20.4 Å². The molecule has 348 valence electrons. The van der Waals surface area contributed by atoms with Gasteiger partial charge in [0.15, 0.2) is 22.0 Å². The summed E-state index contributed by atoms with van der Waals surface area (Å²) in [4.78, 5) is 21.7. The average Bonchev–Trinajstić information content (AvgIpc) is 3.85. The van der Waals surface area contributed by atoms with Crippen molar-refractivity contribution in [3.8, 4) is 23.0 Å². The van der Waals surface area contributed by atoms with Crippen LogP contribution in [0.2, 0.25) is 0 Å². The summed E-state index contributed by atoms with van der Waals surface area (Å²) in [5.74, 6) is 4.07. The summed E-state index contributed by atoms with van der Waals surface area (Å²) in [5.41, 5.74) is 2.85. The van der Waals surface area contributed by atoms with E-state index in [2.05, 4.69) is 50.1 Å². The summed E-state index contributed by atoms with van der Waals surface area (Å²) in [6.07, 6.45) is 7.83. The first kappa shape index (κ1) is 46.2. The van der Waals surface area contributed by atoms with Crippen LogP contribution in [-0.2, 0) is 26.4 Å². The number of halogens is 6. The molecule has 20 heteroatoms. The van der Waals surface area contributed by atoms with Gasteiger partial charge < -0.3 is 18.9 Å². The molecule has 4 aromatic heterocycles. The van der Waals surface area contributed by atoms with Crippen molar-refractivity contribution in [1.82, 2.24) is 59.3 Å². The molecule has 0 N–H and O–H groups in total. The number of hydrogen-bond acceptors (Lipinski definition) is 12. The summed E-state index contributed by atoms with van der Waals surface area (Å²) in [7, 11) is 3.87. The quantitative estimate of drug-likeness (QED) is 0.0588. The molecule has 2 spiro atoms. The van der Waals surface area contributed by atoms with Crippen LogP contribution in [0.1, 0.15) is 72.6 Å². The zero-order valence-electron chi connectivity index (χ0n) is 36.6. The molecule has 12 nitrogen and oxygen atoms in total. The van der Waals surface area contributed by atoms with Gasteiger partial charge in [0.2, 0.25) is 0 Å². The Morgan fingerprint density at radius 2 is 0.985 bits per heavy atom. The Kier molecular flexibility index (Phi) is 13.3. The van der Waals surface area contributed by atoms with Gasteiger partial charge >= 0.3 is 12.4 Å². The summed E-state index contributed by atoms with van der Waals surface area (Å²) in [6, 6.07) is 11.5. The Bertz CT molecular complexity index is 2380. The summed E-state index contributed by atoms with van der Waals surface area (Å²) < 4.78 is 80.8. The van der Waals surface area contributed by atoms with E-state index in [0.29, 0.717) is 34.9 Å². The highest BCUT2D eigenvalue weighted by Crippen LogP contribution is 2.65. The van der Waals surface area contributed by atoms with E-state index < -0.39 is 23.5 Å². The lowest BCUT2D eigenvalue weighted by atomic mass is 9.97. The van der Waals surface area contributed by atoms with Crippen molar-refractivity contribution < 1.29 is 26.3 Å². The van der Waals surface area contributed by atoms with Gasteiger partial charge in [-0.2, -0.15) is 26.3 Å². The summed E-state index contributed by atoms with van der Waals surface area (Å²) in [6.45, 7) is 6.21. The molecular weight excluding hydrogens is 899 g/mol. The van der Waals surface area contributed by atoms with E-state index in [-0.39, 0.29) is 10.8 Å². The Morgan fingerprint density at radius 3 is 1.35 bits per heavy atom. The molecule has 4 atom stereocenters. The third kappa shape index (κ3) is 10.3. The van der Waals surface area contributed by atoms with Crippen LogP contribution in [0.25, 0.3) is 23.0 Å². The second-order valence-corrected chi connectivity index (χ2v) is 20.0. The molecule has 6 heterocycles. The van der Waals surface area contributed by atoms with E-state index in [0.717, 1.165) is 111 Å². The first-order chi connectivity index (χ1) is 31.7. The lowest BCUT2D eigenvalue weighted by Gasteiger charge is -2.16. The monoisotopic (exact) mass is 948 g/mol. The smallest absolute Gasteiger partial charge is 0.304 e. The Labute approximate surface area is 387 Å². The maximum absolute atomic E-state index is 12.8. The standard InChI is InChI=1S/2C23H25F3N6S/c2*1-31-20(19-14-27-8-9-28-19)29-30-21(31)33-12-2-10-32-11-7-22(15-32)13-18(22)16-3-5-17(6-4-16)23(24,25)26/h2*3-6,8-9,14,18H,2,7,10-13,15H2,1H3/t2*18-,22-/m10/s1. The fraction of sp³-hybridized carbons (Fsp3) is 0.478. The SMILES string of the molecule is Cn1c(SCCCN2CC[C@@]3(C[C@@H]3c3ccc(C(F)(F)F)cc3)C2)nnc1-c1cnccn1.Cn1c(SCCCN2CC[C@]3(C[C@H]3c3ccc(C(F)(F)F)cc3)C2)nnc1-c1cnccn1. The molecule has 10 rings (SSSR count). The number of aromatic nitrogens is 10. The van der Waals surface area contributed by atoms with E-state index in [1.807, 2.05) is 23.2 Å². The van der Waals surface area contributed by atoms with Crippen molar-refractivity contribution in [2.45, 2.75) is 73.0 Å². The third-order valence-electron chi connectivity index (χ3n) is 13.5. The Hall–Kier alpha value is -4.92. The zero-order chi connectivity index (χ0) is 46.1. The number of rotatable bonds is 14. The van der Waals surface area contributed by atoms with E-state index >= 15 is 0 Å². The molecule has 2 saturated heterocycles. The minimum absolute atomic E-state index is 0.252. The maximum Gasteiger partial charge on any atom is 0.416 e. The molecule has 2 saturated carbocycles. The van der Waals surface area contributed by atoms with Crippen LogP contribution in [0.15, 0.2) is 96.0 Å². The lowest BCUT2D eigenvalue weighted by molar-refractivity contribution is -0.138. The van der Waals surface area contributed by atoms with E-state index in [1.165, 1.54) is 24.3 Å². The molecule has 2 aliphatic heterocycles. The predicted octanol–water partition coefficient (Wildman–Crippen LogP) is 9.31. The van der Waals surface area contributed by atoms with Crippen LogP contribution in [0.5, 0.6) is 0 Å². The number of benzene rings is 2. The normalized spacial score (nSPS) is 22.8. The van der Waals surface area contributed by atoms with Gasteiger partial charge in [-0.25, -0.2) is 9.97 Å². The Balaban J connectivity index is 0.000000166. The van der Waals surface area contributed by atoms with E-state index in [4.69, 9.17) is 0 Å². The topological polar surface area (TPSA) is 119 Å². The predicted molar refractivity (Wildman–Crippen MR) is 239 cm³/mol. The molecule has 6 aromatic rings. The van der Waals surface area contributed by atoms with Crippen LogP contribution < -0.4 is 0 Å². The van der Waals surface area contributed by atoms with Crippen LogP contribution in [0, 0.1) is 10.8 Å². The second-order valence-electron chi connectivity index (χ2n) is 17.8. The molecule has 2 aromatic carbocycles. The van der Waals surface area contributed by atoms with E-state index in [1.54, 1.807) is 85.0 Å². The van der Waals surface area contributed by atoms with Crippen molar-refractivity contribution >= 4 is 23.5 Å². The average molecular weight is 949 g/mol. The minimum Gasteiger partial charge on any atom is -0.304 e. The van der Waals surface area contributed by atoms with Gasteiger partial charge in [0, 0.05) is 63.5 Å². The molecule has 0 bridgehead atoms. The molecule has 0 radical (unpaired) electrons. The summed E-state index contributed by atoms with van der Waals surface area (Å²) in [5, 5.41) is 18.8. The highest BCUT2D eigenvalue weighted by Gasteiger charge is 2.58. The molecule has 4 fully saturated rings. The number of alkyl halides is 6. The van der Waals surface area contributed by atoms with Crippen LogP contribution in [0.3, 0.4) is 0 Å². The van der Waals surface area contributed by atoms with Gasteiger partial charge in [-0.1, -0.05) is 47.8 Å². The first-order valence-electron chi connectivity index (χ1n) is 22.1. The van der Waals surface area contributed by atoms with Gasteiger partial charge in [0.25, 0.3) is 0 Å². The minimum atomic E-state index is -4.27. The zero-order valence-corrected chi connectivity index (χ0v) is 38.2. The van der Waals surface area contributed by atoms with Gasteiger partial charge in [0.1, 0.15) is 11.4 Å². The number of hydrogen-bond donors (Lipinski definition) is 0. The van der Waals surface area contributed by atoms with Gasteiger partial charge in [-0.3, -0.25) is 9.97 Å². The van der Waals surface area contributed by atoms with Crippen molar-refractivity contribution in [3.63, 3.8) is 0 Å². The number of likely N-dealkylation sites (tertiary alicyclic amines) is 2. The van der Waals surface area contributed by atoms with Crippen LogP contribution >= 0.6 is 23.5 Å². The lowest BCUT2D eigenvalue weighted by Crippen LogP contribution is -2.23. The molecule has 66 heavy (non-hydrogen) atoms. The van der Waals surface area contributed by atoms with E-state index in [9.17, 15) is 26.3 Å². The fourth-order valence-corrected chi connectivity index (χ4v) is 11.4. The molecular formula is C46H50F6N12S2. The Morgan fingerprint density at radius 1 is 0.576 bits per heavy atom. The number of nitrogens with zero attached hydrogens (tertiary/aromatic N) is 12. The summed E-state index contributed by atoms with van der Waals surface area (Å²) >= 11 is 3.37. The third-order valence-corrected chi connectivity index (χ3v) is 15.8. The van der Waals surface area contributed by atoms with Gasteiger partial charge in [-0.05, 0) is 123 Å². The number of thioether (sulfide) groups is 2. The highest BCUT2D eigenvalue weighted by molar-refractivity contribution is 7.99. The first-order valence-corrected chi connectivity index (χ1v) is 24.0. The van der Waals surface area contributed by atoms with Crippen molar-refractivity contribution in [3.05, 3.63) is 108 Å². The molecule has 2 aliphatic carbocycles. The second kappa shape index (κ2) is 19.0. The molecule has 0 unspecified atom stereocenters. The van der Waals surface area contributed by atoms with Gasteiger partial charge in [0.05, 0.1) is 23.5 Å². The maximum atomic E-state index is 12.8. The van der Waals surface area contributed by atoms with Crippen LogP contribution in [-0.4, -0.2) is 110 Å². The fourth-order valence-electron chi connectivity index (χ4n) is 9.76. The van der Waals surface area contributed by atoms with Crippen molar-refractivity contribution in [2.75, 3.05) is 50.8 Å². The molecule has 0 amide bonds. The highest BCUT2D eigenvalue weighted by atomic mass is 32.2. The largest absolute Gasteiger partial charge is 0.416 e. The van der Waals surface area contributed by atoms with Crippen LogP contribution in [0.4, 0.5) is 26.3 Å². The molecule has 4 aliphatic rings. The van der Waals surface area contributed by atoms with Crippen molar-refractivity contribution in [2.24, 2.45) is 24.9 Å². The van der Waals surface area contributed by atoms with Crippen molar-refractivity contribution in [1.29, 1.82) is 0 Å².